The Morgan fingerprint density at radius 3 is 2.43 bits per heavy atom. The van der Waals surface area contributed by atoms with Gasteiger partial charge in [-0.15, -0.1) is 0 Å². The van der Waals surface area contributed by atoms with E-state index >= 15 is 0 Å². The van der Waals surface area contributed by atoms with Gasteiger partial charge in [-0.25, -0.2) is 4.79 Å². The summed E-state index contributed by atoms with van der Waals surface area (Å²) in [5, 5.41) is 10.0. The minimum Gasteiger partial charge on any atom is -0.466 e. The van der Waals surface area contributed by atoms with Crippen LogP contribution < -0.4 is 11.0 Å². The summed E-state index contributed by atoms with van der Waals surface area (Å²) in [6.07, 6.45) is 0.0803. The number of carbonyl (C=O) groups is 2. The van der Waals surface area contributed by atoms with Gasteiger partial charge in [0.05, 0.1) is 18.7 Å². The largest absolute Gasteiger partial charge is 0.466 e. The fourth-order valence-corrected chi connectivity index (χ4v) is 1.83. The molecule has 0 bridgehead atoms. The van der Waals surface area contributed by atoms with E-state index in [1.54, 1.807) is 31.2 Å². The molecule has 1 heterocycles. The molecule has 0 radical (unpaired) electrons. The molecule has 122 valence electrons. The van der Waals surface area contributed by atoms with Gasteiger partial charge in [-0.05, 0) is 41.6 Å². The highest BCUT2D eigenvalue weighted by molar-refractivity contribution is 5.92. The van der Waals surface area contributed by atoms with Crippen LogP contribution in [-0.2, 0) is 21.4 Å². The molecule has 0 aliphatic carbocycles. The second-order valence-corrected chi connectivity index (χ2v) is 4.70. The van der Waals surface area contributed by atoms with Crippen LogP contribution in [0.1, 0.15) is 19.8 Å². The van der Waals surface area contributed by atoms with Gasteiger partial charge in [0.2, 0.25) is 5.91 Å². The van der Waals surface area contributed by atoms with Crippen LogP contribution in [0.4, 0.5) is 5.69 Å². The number of tetrazole rings is 1. The zero-order valence-corrected chi connectivity index (χ0v) is 12.9. The highest BCUT2D eigenvalue weighted by Crippen LogP contribution is 2.11. The molecular formula is C14H17N5O4. The lowest BCUT2D eigenvalue weighted by molar-refractivity contribution is -0.144. The third kappa shape index (κ3) is 4.25. The summed E-state index contributed by atoms with van der Waals surface area (Å²) in [5.74, 6) is -0.692. The normalized spacial score (nSPS) is 10.3. The molecule has 0 spiro atoms. The number of rotatable bonds is 6. The van der Waals surface area contributed by atoms with E-state index in [0.717, 1.165) is 9.36 Å². The van der Waals surface area contributed by atoms with Crippen LogP contribution >= 0.6 is 0 Å². The Labute approximate surface area is 131 Å². The van der Waals surface area contributed by atoms with Gasteiger partial charge < -0.3 is 10.1 Å². The Morgan fingerprint density at radius 2 is 1.87 bits per heavy atom. The topological polar surface area (TPSA) is 108 Å². The molecule has 1 amide bonds. The molecule has 0 saturated carbocycles. The average molecular weight is 319 g/mol. The predicted octanol–water partition coefficient (Wildman–Crippen LogP) is 0.248. The first-order chi connectivity index (χ1) is 11.0. The van der Waals surface area contributed by atoms with Gasteiger partial charge >= 0.3 is 11.7 Å². The van der Waals surface area contributed by atoms with Crippen molar-refractivity contribution in [2.75, 3.05) is 11.9 Å². The Balaban J connectivity index is 1.95. The van der Waals surface area contributed by atoms with Crippen molar-refractivity contribution in [3.8, 4) is 5.69 Å². The molecule has 1 aromatic heterocycles. The number of hydrogen-bond donors (Lipinski definition) is 1. The summed E-state index contributed by atoms with van der Waals surface area (Å²) in [7, 11) is 1.50. The van der Waals surface area contributed by atoms with Gasteiger partial charge in [0.25, 0.3) is 0 Å². The number of anilines is 1. The van der Waals surface area contributed by atoms with Gasteiger partial charge in [-0.2, -0.15) is 9.36 Å². The predicted molar refractivity (Wildman–Crippen MR) is 81.1 cm³/mol. The summed E-state index contributed by atoms with van der Waals surface area (Å²) in [6, 6.07) is 6.55. The Kier molecular flexibility index (Phi) is 5.23. The van der Waals surface area contributed by atoms with Crippen molar-refractivity contribution in [2.45, 2.75) is 19.8 Å². The minimum absolute atomic E-state index is 0.0345. The van der Waals surface area contributed by atoms with E-state index < -0.39 is 5.97 Å². The molecule has 1 N–H and O–H groups in total. The van der Waals surface area contributed by atoms with Crippen molar-refractivity contribution in [1.82, 2.24) is 19.8 Å². The summed E-state index contributed by atoms with van der Waals surface area (Å²) in [5.41, 5.74) is 0.725. The number of carbonyl (C=O) groups excluding carboxylic acids is 2. The maximum absolute atomic E-state index is 11.7. The molecule has 0 unspecified atom stereocenters. The van der Waals surface area contributed by atoms with E-state index in [0.29, 0.717) is 18.0 Å². The van der Waals surface area contributed by atoms with E-state index in [4.69, 9.17) is 4.74 Å². The van der Waals surface area contributed by atoms with E-state index in [9.17, 15) is 14.4 Å². The number of benzene rings is 1. The molecule has 2 rings (SSSR count). The van der Waals surface area contributed by atoms with Gasteiger partial charge in [0, 0.05) is 19.2 Å². The van der Waals surface area contributed by atoms with Crippen LogP contribution in [0.25, 0.3) is 5.69 Å². The van der Waals surface area contributed by atoms with Crippen LogP contribution in [0.3, 0.4) is 0 Å². The van der Waals surface area contributed by atoms with E-state index in [1.807, 2.05) is 0 Å². The Bertz CT molecular complexity index is 747. The molecule has 0 aliphatic rings. The molecular weight excluding hydrogens is 302 g/mol. The zero-order valence-electron chi connectivity index (χ0n) is 12.9. The first-order valence-electron chi connectivity index (χ1n) is 7.06. The Hall–Kier alpha value is -2.97. The lowest BCUT2D eigenvalue weighted by Crippen LogP contribution is -2.21. The van der Waals surface area contributed by atoms with E-state index in [1.165, 1.54) is 7.05 Å². The van der Waals surface area contributed by atoms with Crippen molar-refractivity contribution in [3.63, 3.8) is 0 Å². The van der Waals surface area contributed by atoms with Crippen molar-refractivity contribution in [1.29, 1.82) is 0 Å². The van der Waals surface area contributed by atoms with Crippen molar-refractivity contribution in [2.24, 2.45) is 7.05 Å². The molecule has 0 aliphatic heterocycles. The maximum Gasteiger partial charge on any atom is 0.368 e. The number of nitrogens with zero attached hydrogens (tertiary/aromatic N) is 4. The number of aryl methyl sites for hydroxylation is 1. The third-order valence-corrected chi connectivity index (χ3v) is 2.98. The summed E-state index contributed by atoms with van der Waals surface area (Å²) < 4.78 is 7.02. The summed E-state index contributed by atoms with van der Waals surface area (Å²) in [4.78, 5) is 34.6. The molecule has 0 fully saturated rings. The summed E-state index contributed by atoms with van der Waals surface area (Å²) >= 11 is 0. The van der Waals surface area contributed by atoms with Gasteiger partial charge in [-0.1, -0.05) is 0 Å². The number of aromatic nitrogens is 4. The number of amides is 1. The second-order valence-electron chi connectivity index (χ2n) is 4.70. The number of hydrogen-bond acceptors (Lipinski definition) is 6. The van der Waals surface area contributed by atoms with Crippen LogP contribution in [0.15, 0.2) is 29.1 Å². The van der Waals surface area contributed by atoms with E-state index in [-0.39, 0.29) is 24.4 Å². The van der Waals surface area contributed by atoms with Crippen LogP contribution in [0, 0.1) is 0 Å². The first kappa shape index (κ1) is 16.4. The highest BCUT2D eigenvalue weighted by atomic mass is 16.5. The maximum atomic E-state index is 11.7. The summed E-state index contributed by atoms with van der Waals surface area (Å²) in [6.45, 7) is 2.01. The second kappa shape index (κ2) is 7.34. The first-order valence-corrected chi connectivity index (χ1v) is 7.06. The van der Waals surface area contributed by atoms with Gasteiger partial charge in [0.1, 0.15) is 0 Å². The fraction of sp³-hybridized carbons (Fsp3) is 0.357. The van der Waals surface area contributed by atoms with Crippen LogP contribution in [-0.4, -0.2) is 38.3 Å². The van der Waals surface area contributed by atoms with Gasteiger partial charge in [0.15, 0.2) is 0 Å². The monoisotopic (exact) mass is 319 g/mol. The van der Waals surface area contributed by atoms with Crippen LogP contribution in [0.2, 0.25) is 0 Å². The SMILES string of the molecule is CCOC(=O)CCC(=O)Nc1ccc(-n2nnn(C)c2=O)cc1. The van der Waals surface area contributed by atoms with Crippen molar-refractivity contribution in [3.05, 3.63) is 34.7 Å². The van der Waals surface area contributed by atoms with Crippen molar-refractivity contribution >= 4 is 17.6 Å². The molecule has 23 heavy (non-hydrogen) atoms. The molecule has 9 nitrogen and oxygen atoms in total. The molecule has 0 saturated heterocycles. The lowest BCUT2D eigenvalue weighted by Gasteiger charge is -2.06. The quantitative estimate of drug-likeness (QED) is 0.765. The molecule has 9 heteroatoms. The molecule has 2 aromatic rings. The molecule has 1 aromatic carbocycles. The van der Waals surface area contributed by atoms with Crippen LogP contribution in [0.5, 0.6) is 0 Å². The zero-order chi connectivity index (χ0) is 16.8. The lowest BCUT2D eigenvalue weighted by atomic mass is 10.2. The third-order valence-electron chi connectivity index (χ3n) is 2.98. The standard InChI is InChI=1S/C14H17N5O4/c1-3-23-13(21)9-8-12(20)15-10-4-6-11(7-5-10)19-14(22)18(2)16-17-19/h4-7H,3,8-9H2,1-2H3,(H,15,20). The highest BCUT2D eigenvalue weighted by Gasteiger charge is 2.09. The number of esters is 1. The molecule has 0 atom stereocenters. The smallest absolute Gasteiger partial charge is 0.368 e. The van der Waals surface area contributed by atoms with Gasteiger partial charge in [-0.3, -0.25) is 9.59 Å². The number of ether oxygens (including phenoxy) is 1. The van der Waals surface area contributed by atoms with Crippen molar-refractivity contribution < 1.29 is 14.3 Å². The Morgan fingerprint density at radius 1 is 1.17 bits per heavy atom. The number of nitrogens with one attached hydrogen (secondary N) is 1. The fourth-order valence-electron chi connectivity index (χ4n) is 1.83. The average Bonchev–Trinajstić information content (AvgIpc) is 2.86. The van der Waals surface area contributed by atoms with E-state index in [2.05, 4.69) is 15.7 Å². The minimum atomic E-state index is -0.403.